The van der Waals surface area contributed by atoms with Crippen LogP contribution < -0.4 is 17.1 Å². The summed E-state index contributed by atoms with van der Waals surface area (Å²) in [6.45, 7) is 2.63. The fourth-order valence-corrected chi connectivity index (χ4v) is 3.19. The van der Waals surface area contributed by atoms with Crippen LogP contribution in [0.4, 0.5) is 0 Å². The highest BCUT2D eigenvalue weighted by Crippen LogP contribution is 2.48. The van der Waals surface area contributed by atoms with Crippen molar-refractivity contribution >= 4 is 0 Å². The van der Waals surface area contributed by atoms with Gasteiger partial charge in [0.2, 0.25) is 0 Å². The van der Waals surface area contributed by atoms with E-state index in [4.69, 9.17) is 20.3 Å². The van der Waals surface area contributed by atoms with Crippen molar-refractivity contribution in [1.29, 1.82) is 0 Å². The molecule has 0 bridgehead atoms. The number of nitrogens with two attached hydrogens (primary N) is 2. The maximum absolute atomic E-state index is 12.6. The minimum absolute atomic E-state index is 0.0456. The van der Waals surface area contributed by atoms with Gasteiger partial charge in [0, 0.05) is 18.5 Å². The van der Waals surface area contributed by atoms with Crippen LogP contribution in [-0.2, 0) is 6.54 Å². The Morgan fingerprint density at radius 2 is 2.00 bits per heavy atom. The van der Waals surface area contributed by atoms with Gasteiger partial charge in [-0.1, -0.05) is 6.92 Å². The molecule has 3 rings (SSSR count). The molecule has 0 aromatic carbocycles. The van der Waals surface area contributed by atoms with Gasteiger partial charge in [0.15, 0.2) is 0 Å². The molecule has 1 aliphatic carbocycles. The average Bonchev–Trinajstić information content (AvgIpc) is 3.28. The third-order valence-electron chi connectivity index (χ3n) is 4.76. The largest absolute Gasteiger partial charge is 0.507 e. The van der Waals surface area contributed by atoms with Gasteiger partial charge in [-0.05, 0) is 37.3 Å². The van der Waals surface area contributed by atoms with Crippen LogP contribution >= 0.6 is 0 Å². The minimum Gasteiger partial charge on any atom is -0.507 e. The Kier molecular flexibility index (Phi) is 4.78. The maximum atomic E-state index is 12.6. The lowest BCUT2D eigenvalue weighted by atomic mass is 9.91. The van der Waals surface area contributed by atoms with Crippen molar-refractivity contribution in [2.24, 2.45) is 17.4 Å². The molecule has 6 heteroatoms. The van der Waals surface area contributed by atoms with E-state index in [1.54, 1.807) is 6.07 Å². The molecule has 6 nitrogen and oxygen atoms in total. The Bertz CT molecular complexity index is 757. The van der Waals surface area contributed by atoms with Gasteiger partial charge in [-0.15, -0.1) is 0 Å². The second-order valence-corrected chi connectivity index (χ2v) is 6.40. The average molecular weight is 332 g/mol. The lowest BCUT2D eigenvalue weighted by molar-refractivity contribution is 0.369. The van der Waals surface area contributed by atoms with Crippen LogP contribution in [0.25, 0.3) is 0 Å². The molecule has 130 valence electrons. The Morgan fingerprint density at radius 3 is 2.50 bits per heavy atom. The molecule has 2 atom stereocenters. The first-order valence-electron chi connectivity index (χ1n) is 8.44. The number of furan rings is 1. The molecule has 5 N–H and O–H groups in total. The number of rotatable bonds is 7. The fraction of sp³-hybridized carbons (Fsp3) is 0.500. The van der Waals surface area contributed by atoms with Crippen LogP contribution in [-0.4, -0.2) is 11.7 Å². The highest BCUT2D eigenvalue weighted by molar-refractivity contribution is 5.39. The van der Waals surface area contributed by atoms with Crippen molar-refractivity contribution < 1.29 is 13.9 Å². The van der Waals surface area contributed by atoms with Gasteiger partial charge in [0.1, 0.15) is 23.0 Å². The van der Waals surface area contributed by atoms with Gasteiger partial charge in [-0.2, -0.15) is 0 Å². The van der Waals surface area contributed by atoms with Crippen LogP contribution in [0.5, 0.6) is 5.75 Å². The summed E-state index contributed by atoms with van der Waals surface area (Å²) in [5.41, 5.74) is 11.1. The van der Waals surface area contributed by atoms with E-state index >= 15 is 0 Å². The van der Waals surface area contributed by atoms with Crippen molar-refractivity contribution in [1.82, 2.24) is 0 Å². The molecule has 1 aliphatic rings. The van der Waals surface area contributed by atoms with E-state index in [1.807, 2.05) is 13.0 Å². The first kappa shape index (κ1) is 16.8. The van der Waals surface area contributed by atoms with E-state index in [-0.39, 0.29) is 29.1 Å². The quantitative estimate of drug-likeness (QED) is 0.717. The van der Waals surface area contributed by atoms with Crippen molar-refractivity contribution in [3.63, 3.8) is 0 Å². The topological polar surface area (TPSA) is 116 Å². The number of aromatic hydroxyl groups is 1. The van der Waals surface area contributed by atoms with Crippen molar-refractivity contribution in [2.75, 3.05) is 6.54 Å². The summed E-state index contributed by atoms with van der Waals surface area (Å²) in [7, 11) is 0. The summed E-state index contributed by atoms with van der Waals surface area (Å²) < 4.78 is 11.2. The molecule has 2 aromatic rings. The molecule has 2 aromatic heterocycles. The molecule has 2 unspecified atom stereocenters. The van der Waals surface area contributed by atoms with Gasteiger partial charge in [-0.25, -0.2) is 4.79 Å². The van der Waals surface area contributed by atoms with E-state index in [0.29, 0.717) is 30.4 Å². The highest BCUT2D eigenvalue weighted by atomic mass is 16.4. The fourth-order valence-electron chi connectivity index (χ4n) is 3.19. The van der Waals surface area contributed by atoms with Gasteiger partial charge in [0.05, 0.1) is 18.0 Å². The van der Waals surface area contributed by atoms with Gasteiger partial charge in [0.25, 0.3) is 0 Å². The normalized spacial score (nSPS) is 17.0. The van der Waals surface area contributed by atoms with E-state index in [1.165, 1.54) is 6.07 Å². The zero-order valence-corrected chi connectivity index (χ0v) is 13.8. The molecular weight excluding hydrogens is 308 g/mol. The van der Waals surface area contributed by atoms with Crippen molar-refractivity contribution in [3.8, 4) is 5.75 Å². The van der Waals surface area contributed by atoms with E-state index in [9.17, 15) is 9.90 Å². The smallest absolute Gasteiger partial charge is 0.343 e. The Balaban J connectivity index is 2.04. The predicted molar refractivity (Wildman–Crippen MR) is 89.9 cm³/mol. The second kappa shape index (κ2) is 6.83. The second-order valence-electron chi connectivity index (χ2n) is 6.40. The number of hydrogen-bond acceptors (Lipinski definition) is 6. The highest BCUT2D eigenvalue weighted by Gasteiger charge is 2.39. The molecule has 1 fully saturated rings. The van der Waals surface area contributed by atoms with Crippen LogP contribution in [0.2, 0.25) is 0 Å². The summed E-state index contributed by atoms with van der Waals surface area (Å²) in [5, 5.41) is 10.5. The first-order valence-corrected chi connectivity index (χ1v) is 8.44. The minimum atomic E-state index is -0.514. The SMILES string of the molecule is CCC(CN)c1cc(O)c(C(c2ccc(CN)o2)C2CC2)c(=O)o1. The molecule has 0 radical (unpaired) electrons. The number of hydrogen-bond donors (Lipinski definition) is 3. The van der Waals surface area contributed by atoms with Gasteiger partial charge in [-0.3, -0.25) is 0 Å². The van der Waals surface area contributed by atoms with Gasteiger partial charge >= 0.3 is 5.63 Å². The molecule has 0 spiro atoms. The van der Waals surface area contributed by atoms with Crippen molar-refractivity contribution in [3.05, 3.63) is 51.5 Å². The van der Waals surface area contributed by atoms with Crippen LogP contribution in [0, 0.1) is 5.92 Å². The molecule has 0 saturated heterocycles. The third kappa shape index (κ3) is 3.12. The van der Waals surface area contributed by atoms with Gasteiger partial charge < -0.3 is 25.4 Å². The van der Waals surface area contributed by atoms with Crippen molar-refractivity contribution in [2.45, 2.75) is 44.6 Å². The van der Waals surface area contributed by atoms with Crippen LogP contribution in [0.15, 0.2) is 31.8 Å². The van der Waals surface area contributed by atoms with Crippen LogP contribution in [0.3, 0.4) is 0 Å². The van der Waals surface area contributed by atoms with E-state index in [0.717, 1.165) is 19.3 Å². The summed E-state index contributed by atoms with van der Waals surface area (Å²) >= 11 is 0. The predicted octanol–water partition coefficient (Wildman–Crippen LogP) is 2.39. The molecular formula is C18H24N2O4. The standard InChI is InChI=1S/C18H24N2O4/c1-2-10(8-19)15-7-13(21)17(18(22)24-15)16(11-3-4-11)14-6-5-12(9-20)23-14/h5-7,10-11,16,21H,2-4,8-9,19-20H2,1H3. The summed E-state index contributed by atoms with van der Waals surface area (Å²) in [5.74, 6) is 1.60. The summed E-state index contributed by atoms with van der Waals surface area (Å²) in [6.07, 6.45) is 2.72. The van der Waals surface area contributed by atoms with E-state index in [2.05, 4.69) is 0 Å². The molecule has 0 aliphatic heterocycles. The third-order valence-corrected chi connectivity index (χ3v) is 4.76. The summed E-state index contributed by atoms with van der Waals surface area (Å²) in [6, 6.07) is 5.16. The maximum Gasteiger partial charge on any atom is 0.343 e. The zero-order chi connectivity index (χ0) is 17.3. The Labute approximate surface area is 140 Å². The monoisotopic (exact) mass is 332 g/mol. The molecule has 2 heterocycles. The molecule has 1 saturated carbocycles. The Morgan fingerprint density at radius 1 is 1.25 bits per heavy atom. The molecule has 24 heavy (non-hydrogen) atoms. The molecule has 0 amide bonds. The zero-order valence-electron chi connectivity index (χ0n) is 13.8. The Hall–Kier alpha value is -2.05. The summed E-state index contributed by atoms with van der Waals surface area (Å²) in [4.78, 5) is 12.6. The lowest BCUT2D eigenvalue weighted by Gasteiger charge is -2.17. The van der Waals surface area contributed by atoms with Crippen LogP contribution in [0.1, 0.15) is 60.9 Å². The first-order chi connectivity index (χ1) is 11.6. The van der Waals surface area contributed by atoms with E-state index < -0.39 is 5.63 Å². The lowest BCUT2D eigenvalue weighted by Crippen LogP contribution is -2.19.